The van der Waals surface area contributed by atoms with Gasteiger partial charge in [0.25, 0.3) is 0 Å². The smallest absolute Gasteiger partial charge is 0.225 e. The van der Waals surface area contributed by atoms with Gasteiger partial charge in [-0.15, -0.1) is 11.3 Å². The summed E-state index contributed by atoms with van der Waals surface area (Å²) in [5.41, 5.74) is 3.25. The molecule has 0 aliphatic heterocycles. The van der Waals surface area contributed by atoms with E-state index < -0.39 is 0 Å². The van der Waals surface area contributed by atoms with Crippen LogP contribution >= 0.6 is 11.3 Å². The average molecular weight is 450 g/mol. The van der Waals surface area contributed by atoms with Gasteiger partial charge >= 0.3 is 0 Å². The third-order valence-electron chi connectivity index (χ3n) is 6.16. The number of carbonyl (C=O) groups is 1. The van der Waals surface area contributed by atoms with Crippen LogP contribution in [-0.4, -0.2) is 70.1 Å². The molecule has 3 heterocycles. The van der Waals surface area contributed by atoms with Gasteiger partial charge in [-0.05, 0) is 57.1 Å². The van der Waals surface area contributed by atoms with E-state index in [1.165, 1.54) is 10.4 Å². The molecule has 0 saturated carbocycles. The quantitative estimate of drug-likeness (QED) is 0.469. The fraction of sp³-hybridized carbons (Fsp3) is 0.391. The number of nitrogens with zero attached hydrogens (tertiary/aromatic N) is 5. The first-order chi connectivity index (χ1) is 15.5. The lowest BCUT2D eigenvalue weighted by atomic mass is 9.87. The predicted molar refractivity (Wildman–Crippen MR) is 128 cm³/mol. The summed E-state index contributed by atoms with van der Waals surface area (Å²) >= 11 is 1.69. The minimum Gasteiger partial charge on any atom is -0.344 e. The molecular formula is C23H27N7OS. The van der Waals surface area contributed by atoms with Gasteiger partial charge in [0.1, 0.15) is 17.0 Å². The number of thiophene rings is 1. The van der Waals surface area contributed by atoms with Gasteiger partial charge in [0, 0.05) is 42.0 Å². The van der Waals surface area contributed by atoms with Crippen molar-refractivity contribution in [2.75, 3.05) is 39.5 Å². The lowest BCUT2D eigenvalue weighted by molar-refractivity contribution is -0.134. The Kier molecular flexibility index (Phi) is 5.52. The number of carbonyl (C=O) groups excluding carboxylic acids is 1. The van der Waals surface area contributed by atoms with Crippen LogP contribution in [0.1, 0.15) is 16.9 Å². The van der Waals surface area contributed by atoms with E-state index in [9.17, 15) is 4.79 Å². The lowest BCUT2D eigenvalue weighted by Gasteiger charge is -2.27. The van der Waals surface area contributed by atoms with Gasteiger partial charge in [-0.25, -0.2) is 9.97 Å². The van der Waals surface area contributed by atoms with Gasteiger partial charge < -0.3 is 15.1 Å². The maximum absolute atomic E-state index is 13.0. The molecular weight excluding hydrogens is 422 g/mol. The zero-order chi connectivity index (χ0) is 22.2. The van der Waals surface area contributed by atoms with Crippen LogP contribution in [0, 0.1) is 5.92 Å². The number of aromatic amines is 1. The maximum Gasteiger partial charge on any atom is 0.225 e. The summed E-state index contributed by atoms with van der Waals surface area (Å²) in [6.45, 7) is 1.63. The first-order valence-electron chi connectivity index (χ1n) is 10.8. The summed E-state index contributed by atoms with van der Waals surface area (Å²) in [4.78, 5) is 28.3. The monoisotopic (exact) mass is 449 g/mol. The van der Waals surface area contributed by atoms with E-state index in [-0.39, 0.29) is 11.8 Å². The highest BCUT2D eigenvalue weighted by atomic mass is 32.1. The van der Waals surface area contributed by atoms with Crippen molar-refractivity contribution in [2.45, 2.75) is 19.3 Å². The summed E-state index contributed by atoms with van der Waals surface area (Å²) in [5.74, 6) is 1.10. The number of amides is 1. The Bertz CT molecular complexity index is 1280. The Morgan fingerprint density at radius 2 is 2.12 bits per heavy atom. The Hall–Kier alpha value is -3.04. The summed E-state index contributed by atoms with van der Waals surface area (Å²) in [6.07, 6.45) is 5.94. The van der Waals surface area contributed by atoms with Gasteiger partial charge in [-0.2, -0.15) is 5.10 Å². The van der Waals surface area contributed by atoms with Crippen LogP contribution in [-0.2, 0) is 17.6 Å². The molecule has 8 nitrogen and oxygen atoms in total. The van der Waals surface area contributed by atoms with Gasteiger partial charge in [0.05, 0.1) is 17.1 Å². The normalized spacial score (nSPS) is 15.9. The van der Waals surface area contributed by atoms with E-state index in [2.05, 4.69) is 36.4 Å². The fourth-order valence-corrected chi connectivity index (χ4v) is 5.61. The molecule has 0 spiro atoms. The minimum atomic E-state index is 0.0376. The first kappa shape index (κ1) is 20.8. The van der Waals surface area contributed by atoms with Crippen molar-refractivity contribution >= 4 is 49.9 Å². The fourth-order valence-electron chi connectivity index (χ4n) is 4.34. The largest absolute Gasteiger partial charge is 0.344 e. The second-order valence-electron chi connectivity index (χ2n) is 8.71. The molecule has 4 aromatic rings. The molecule has 0 radical (unpaired) electrons. The van der Waals surface area contributed by atoms with Crippen LogP contribution in [0.2, 0.25) is 0 Å². The van der Waals surface area contributed by atoms with Gasteiger partial charge in [0.2, 0.25) is 5.91 Å². The number of benzene rings is 1. The van der Waals surface area contributed by atoms with E-state index >= 15 is 0 Å². The van der Waals surface area contributed by atoms with E-state index in [4.69, 9.17) is 0 Å². The Morgan fingerprint density at radius 1 is 1.25 bits per heavy atom. The molecule has 0 saturated heterocycles. The highest BCUT2D eigenvalue weighted by Crippen LogP contribution is 2.40. The summed E-state index contributed by atoms with van der Waals surface area (Å²) < 4.78 is 0. The number of H-pyrrole nitrogens is 1. The van der Waals surface area contributed by atoms with E-state index in [0.29, 0.717) is 0 Å². The van der Waals surface area contributed by atoms with E-state index in [0.717, 1.165) is 65.0 Å². The Balaban J connectivity index is 1.39. The molecule has 32 heavy (non-hydrogen) atoms. The zero-order valence-electron chi connectivity index (χ0n) is 18.6. The first-order valence-corrected chi connectivity index (χ1v) is 11.7. The van der Waals surface area contributed by atoms with Crippen molar-refractivity contribution in [3.63, 3.8) is 0 Å². The van der Waals surface area contributed by atoms with Crippen molar-refractivity contribution in [1.29, 1.82) is 0 Å². The number of likely N-dealkylation sites (N-methyl/N-ethyl adjacent to an activating group) is 2. The third-order valence-corrected chi connectivity index (χ3v) is 7.32. The maximum atomic E-state index is 13.0. The van der Waals surface area contributed by atoms with Crippen LogP contribution in [0.4, 0.5) is 11.5 Å². The zero-order valence-corrected chi connectivity index (χ0v) is 19.4. The molecule has 5 rings (SSSR count). The van der Waals surface area contributed by atoms with Crippen molar-refractivity contribution < 1.29 is 4.79 Å². The summed E-state index contributed by atoms with van der Waals surface area (Å²) in [5, 5.41) is 12.7. The molecule has 3 aromatic heterocycles. The van der Waals surface area contributed by atoms with Crippen molar-refractivity contribution in [3.8, 4) is 0 Å². The molecule has 0 bridgehead atoms. The number of rotatable bonds is 6. The average Bonchev–Trinajstić information content (AvgIpc) is 3.40. The van der Waals surface area contributed by atoms with E-state index in [1.54, 1.807) is 17.7 Å². The SMILES string of the molecule is CN(C)CCN(C)C(=O)C1CCc2c(sc3ncnc(Nc4ccc5[nH]ncc5c4)c23)C1. The van der Waals surface area contributed by atoms with Crippen LogP contribution in [0.25, 0.3) is 21.1 Å². The Morgan fingerprint density at radius 3 is 2.97 bits per heavy atom. The molecule has 2 N–H and O–H groups in total. The molecule has 1 amide bonds. The molecule has 1 aromatic carbocycles. The Labute approximate surface area is 190 Å². The number of aryl methyl sites for hydroxylation is 1. The van der Waals surface area contributed by atoms with Crippen LogP contribution in [0.15, 0.2) is 30.7 Å². The summed E-state index contributed by atoms with van der Waals surface area (Å²) in [7, 11) is 5.97. The van der Waals surface area contributed by atoms with Crippen LogP contribution in [0.3, 0.4) is 0 Å². The van der Waals surface area contributed by atoms with Crippen LogP contribution < -0.4 is 5.32 Å². The molecule has 166 valence electrons. The number of hydrogen-bond acceptors (Lipinski definition) is 7. The highest BCUT2D eigenvalue weighted by Gasteiger charge is 2.30. The molecule has 9 heteroatoms. The third kappa shape index (κ3) is 3.93. The number of hydrogen-bond donors (Lipinski definition) is 2. The van der Waals surface area contributed by atoms with Crippen LogP contribution in [0.5, 0.6) is 0 Å². The van der Waals surface area contributed by atoms with E-state index in [1.807, 2.05) is 44.4 Å². The van der Waals surface area contributed by atoms with Crippen molar-refractivity contribution in [2.24, 2.45) is 5.92 Å². The molecule has 1 unspecified atom stereocenters. The molecule has 0 fully saturated rings. The predicted octanol–water partition coefficient (Wildman–Crippen LogP) is 3.44. The second kappa shape index (κ2) is 8.48. The lowest BCUT2D eigenvalue weighted by Crippen LogP contribution is -2.39. The van der Waals surface area contributed by atoms with Crippen molar-refractivity contribution in [3.05, 3.63) is 41.2 Å². The second-order valence-corrected chi connectivity index (χ2v) is 9.79. The van der Waals surface area contributed by atoms with Crippen molar-refractivity contribution in [1.82, 2.24) is 30.0 Å². The number of nitrogens with one attached hydrogen (secondary N) is 2. The van der Waals surface area contributed by atoms with Gasteiger partial charge in [0.15, 0.2) is 0 Å². The van der Waals surface area contributed by atoms with Gasteiger partial charge in [-0.3, -0.25) is 9.89 Å². The molecule has 1 aliphatic carbocycles. The minimum absolute atomic E-state index is 0.0376. The number of anilines is 2. The molecule has 1 aliphatic rings. The topological polar surface area (TPSA) is 90.0 Å². The number of aromatic nitrogens is 4. The summed E-state index contributed by atoms with van der Waals surface area (Å²) in [6, 6.07) is 6.09. The molecule has 1 atom stereocenters. The standard InChI is InChI=1S/C23H27N7OS/c1-29(2)8-9-30(3)23(31)14-4-6-17-19(11-14)32-22-20(17)21(24-13-25-22)27-16-5-7-18-15(10-16)12-26-28-18/h5,7,10,12-14H,4,6,8-9,11H2,1-3H3,(H,26,28)(H,24,25,27). The number of fused-ring (bicyclic) bond motifs is 4. The van der Waals surface area contributed by atoms with Gasteiger partial charge in [-0.1, -0.05) is 0 Å². The highest BCUT2D eigenvalue weighted by molar-refractivity contribution is 7.19.